The Hall–Kier alpha value is -1.75. The van der Waals surface area contributed by atoms with E-state index < -0.39 is 5.54 Å². The fraction of sp³-hybridized carbons (Fsp3) is 0.562. The van der Waals surface area contributed by atoms with Gasteiger partial charge in [-0.15, -0.1) is 0 Å². The van der Waals surface area contributed by atoms with Gasteiger partial charge in [-0.25, -0.2) is 4.79 Å². The van der Waals surface area contributed by atoms with Crippen molar-refractivity contribution in [2.75, 3.05) is 20.3 Å². The van der Waals surface area contributed by atoms with Gasteiger partial charge in [-0.1, -0.05) is 0 Å². The van der Waals surface area contributed by atoms with Gasteiger partial charge in [0.15, 0.2) is 0 Å². The van der Waals surface area contributed by atoms with Crippen LogP contribution in [0.4, 0.5) is 0 Å². The summed E-state index contributed by atoms with van der Waals surface area (Å²) >= 11 is 0. The van der Waals surface area contributed by atoms with Crippen LogP contribution in [0.25, 0.3) is 0 Å². The lowest BCUT2D eigenvalue weighted by Crippen LogP contribution is -2.55. The van der Waals surface area contributed by atoms with Crippen molar-refractivity contribution in [1.29, 1.82) is 0 Å². The van der Waals surface area contributed by atoms with E-state index in [1.165, 1.54) is 7.11 Å². The molecule has 21 heavy (non-hydrogen) atoms. The zero-order valence-corrected chi connectivity index (χ0v) is 12.8. The van der Waals surface area contributed by atoms with Crippen LogP contribution >= 0.6 is 0 Å². The summed E-state index contributed by atoms with van der Waals surface area (Å²) in [5.41, 5.74) is -0.825. The van der Waals surface area contributed by atoms with Crippen LogP contribution in [0, 0.1) is 0 Å². The molecule has 1 aliphatic rings. The Balaban J connectivity index is 1.95. The molecule has 1 aromatic carbocycles. The van der Waals surface area contributed by atoms with Crippen molar-refractivity contribution >= 4 is 5.97 Å². The number of nitrogens with one attached hydrogen (secondary N) is 1. The summed E-state index contributed by atoms with van der Waals surface area (Å²) in [6, 6.07) is 7.75. The van der Waals surface area contributed by atoms with Crippen LogP contribution in [0.3, 0.4) is 0 Å². The first-order valence-corrected chi connectivity index (χ1v) is 7.29. The number of hydrogen-bond acceptors (Lipinski definition) is 5. The zero-order valence-electron chi connectivity index (χ0n) is 12.8. The minimum Gasteiger partial charge on any atom is -0.494 e. The van der Waals surface area contributed by atoms with Crippen LogP contribution in [0.2, 0.25) is 0 Å². The smallest absolute Gasteiger partial charge is 0.329 e. The van der Waals surface area contributed by atoms with Gasteiger partial charge in [-0.05, 0) is 51.0 Å². The van der Waals surface area contributed by atoms with Crippen LogP contribution in [0.1, 0.15) is 26.7 Å². The molecular formula is C16H23NO4. The highest BCUT2D eigenvalue weighted by atomic mass is 16.5. The third-order valence-electron chi connectivity index (χ3n) is 3.40. The summed E-state index contributed by atoms with van der Waals surface area (Å²) in [7, 11) is 1.39. The van der Waals surface area contributed by atoms with Crippen molar-refractivity contribution in [3.63, 3.8) is 0 Å². The van der Waals surface area contributed by atoms with E-state index in [9.17, 15) is 4.79 Å². The monoisotopic (exact) mass is 293 g/mol. The van der Waals surface area contributed by atoms with E-state index in [4.69, 9.17) is 14.2 Å². The van der Waals surface area contributed by atoms with E-state index in [2.05, 4.69) is 5.32 Å². The van der Waals surface area contributed by atoms with E-state index >= 15 is 0 Å². The minimum absolute atomic E-state index is 0.226. The van der Waals surface area contributed by atoms with Gasteiger partial charge in [-0.3, -0.25) is 5.32 Å². The second-order valence-corrected chi connectivity index (χ2v) is 5.44. The maximum atomic E-state index is 12.0. The molecule has 0 heterocycles. The Bertz CT molecular complexity index is 470. The lowest BCUT2D eigenvalue weighted by molar-refractivity contribution is -0.149. The van der Waals surface area contributed by atoms with Gasteiger partial charge >= 0.3 is 5.97 Å². The molecule has 0 amide bonds. The number of ether oxygens (including phenoxy) is 3. The van der Waals surface area contributed by atoms with Crippen LogP contribution < -0.4 is 14.8 Å². The van der Waals surface area contributed by atoms with Crippen LogP contribution in [0.5, 0.6) is 11.5 Å². The molecule has 1 aromatic rings. The summed E-state index contributed by atoms with van der Waals surface area (Å²) in [5, 5.41) is 3.30. The highest BCUT2D eigenvalue weighted by Crippen LogP contribution is 2.24. The van der Waals surface area contributed by atoms with Gasteiger partial charge in [0.05, 0.1) is 13.7 Å². The van der Waals surface area contributed by atoms with Gasteiger partial charge in [0.25, 0.3) is 0 Å². The maximum Gasteiger partial charge on any atom is 0.329 e. The number of carbonyl (C=O) groups is 1. The average molecular weight is 293 g/mol. The van der Waals surface area contributed by atoms with Crippen LogP contribution in [-0.2, 0) is 9.53 Å². The van der Waals surface area contributed by atoms with E-state index in [1.54, 1.807) is 0 Å². The van der Waals surface area contributed by atoms with E-state index in [0.717, 1.165) is 18.6 Å². The first-order valence-electron chi connectivity index (χ1n) is 7.29. The quantitative estimate of drug-likeness (QED) is 0.744. The number of carbonyl (C=O) groups excluding carboxylic acids is 1. The van der Waals surface area contributed by atoms with Crippen molar-refractivity contribution in [3.8, 4) is 11.5 Å². The zero-order chi connectivity index (χ0) is 15.3. The van der Waals surface area contributed by atoms with Crippen molar-refractivity contribution in [1.82, 2.24) is 5.32 Å². The molecule has 0 spiro atoms. The highest BCUT2D eigenvalue weighted by Gasteiger charge is 2.40. The van der Waals surface area contributed by atoms with Gasteiger partial charge < -0.3 is 14.2 Å². The second kappa shape index (κ2) is 6.80. The lowest BCUT2D eigenvalue weighted by Gasteiger charge is -2.28. The Kier molecular flexibility index (Phi) is 5.07. The molecule has 1 atom stereocenters. The molecule has 2 rings (SSSR count). The molecule has 1 saturated carbocycles. The predicted octanol–water partition coefficient (Wildman–Crippen LogP) is 2.15. The Morgan fingerprint density at radius 1 is 1.24 bits per heavy atom. The molecule has 5 nitrogen and oxygen atoms in total. The Labute approximate surface area is 125 Å². The molecule has 1 aliphatic carbocycles. The van der Waals surface area contributed by atoms with E-state index in [1.807, 2.05) is 38.1 Å². The molecule has 1 N–H and O–H groups in total. The average Bonchev–Trinajstić information content (AvgIpc) is 3.30. The standard InChI is InChI=1S/C16H23NO4/c1-4-20-13-7-9-14(10-8-13)21-11-16(2,15(18)19-3)17-12-5-6-12/h7-10,12,17H,4-6,11H2,1-3H3. The number of rotatable bonds is 8. The number of esters is 1. The van der Waals surface area contributed by atoms with Gasteiger partial charge in [0.1, 0.15) is 23.6 Å². The van der Waals surface area contributed by atoms with Gasteiger partial charge in [0.2, 0.25) is 0 Å². The normalized spacial score (nSPS) is 16.9. The first-order chi connectivity index (χ1) is 10.1. The second-order valence-electron chi connectivity index (χ2n) is 5.44. The predicted molar refractivity (Wildman–Crippen MR) is 79.7 cm³/mol. The Morgan fingerprint density at radius 3 is 2.29 bits per heavy atom. The van der Waals surface area contributed by atoms with Crippen LogP contribution in [-0.4, -0.2) is 37.9 Å². The summed E-state index contributed by atoms with van der Waals surface area (Å²) in [5.74, 6) is 1.20. The molecule has 0 aromatic heterocycles. The maximum absolute atomic E-state index is 12.0. The first kappa shape index (κ1) is 15.6. The Morgan fingerprint density at radius 2 is 1.81 bits per heavy atom. The molecule has 0 radical (unpaired) electrons. The molecule has 1 unspecified atom stereocenters. The molecule has 0 aliphatic heterocycles. The number of hydrogen-bond donors (Lipinski definition) is 1. The number of benzene rings is 1. The summed E-state index contributed by atoms with van der Waals surface area (Å²) < 4.78 is 16.0. The van der Waals surface area contributed by atoms with E-state index in [-0.39, 0.29) is 12.6 Å². The topological polar surface area (TPSA) is 56.8 Å². The molecule has 0 bridgehead atoms. The van der Waals surface area contributed by atoms with Gasteiger partial charge in [-0.2, -0.15) is 0 Å². The molecular weight excluding hydrogens is 270 g/mol. The van der Waals surface area contributed by atoms with Crippen molar-refractivity contribution in [2.24, 2.45) is 0 Å². The fourth-order valence-electron chi connectivity index (χ4n) is 2.09. The summed E-state index contributed by atoms with van der Waals surface area (Å²) in [4.78, 5) is 12.0. The molecule has 5 heteroatoms. The van der Waals surface area contributed by atoms with E-state index in [0.29, 0.717) is 18.4 Å². The van der Waals surface area contributed by atoms with Crippen molar-refractivity contribution in [3.05, 3.63) is 24.3 Å². The fourth-order valence-corrected chi connectivity index (χ4v) is 2.09. The molecule has 0 saturated heterocycles. The minimum atomic E-state index is -0.825. The molecule has 116 valence electrons. The van der Waals surface area contributed by atoms with Crippen molar-refractivity contribution in [2.45, 2.75) is 38.3 Å². The summed E-state index contributed by atoms with van der Waals surface area (Å²) in [6.45, 7) is 4.61. The lowest BCUT2D eigenvalue weighted by atomic mass is 10.0. The SMILES string of the molecule is CCOc1ccc(OCC(C)(NC2CC2)C(=O)OC)cc1. The molecule has 1 fully saturated rings. The van der Waals surface area contributed by atoms with Gasteiger partial charge in [0, 0.05) is 6.04 Å². The third kappa shape index (κ3) is 4.36. The highest BCUT2D eigenvalue weighted by molar-refractivity contribution is 5.80. The van der Waals surface area contributed by atoms with Crippen LogP contribution in [0.15, 0.2) is 24.3 Å². The van der Waals surface area contributed by atoms with Crippen molar-refractivity contribution < 1.29 is 19.0 Å². The summed E-state index contributed by atoms with van der Waals surface area (Å²) in [6.07, 6.45) is 2.19. The third-order valence-corrected chi connectivity index (χ3v) is 3.40. The largest absolute Gasteiger partial charge is 0.494 e. The number of methoxy groups -OCH3 is 1.